The molecule has 0 aromatic heterocycles. The summed E-state index contributed by atoms with van der Waals surface area (Å²) >= 11 is 0. The lowest BCUT2D eigenvalue weighted by molar-refractivity contribution is 0.610. The largest absolute Gasteiger partial charge is 0.370 e. The molecule has 1 aliphatic heterocycles. The molecule has 0 radical (unpaired) electrons. The highest BCUT2D eigenvalue weighted by Crippen LogP contribution is 2.30. The van der Waals surface area contributed by atoms with Crippen molar-refractivity contribution < 1.29 is 4.39 Å². The molecule has 0 bridgehead atoms. The lowest BCUT2D eigenvalue weighted by Gasteiger charge is -2.22. The lowest BCUT2D eigenvalue weighted by atomic mass is 10.1. The molecule has 3 heteroatoms. The molecule has 1 unspecified atom stereocenters. The number of benzene rings is 1. The van der Waals surface area contributed by atoms with Crippen LogP contribution in [0, 0.1) is 5.82 Å². The zero-order valence-corrected chi connectivity index (χ0v) is 8.55. The third-order valence-electron chi connectivity index (χ3n) is 2.86. The van der Waals surface area contributed by atoms with Crippen molar-refractivity contribution in [1.29, 1.82) is 0 Å². The van der Waals surface area contributed by atoms with Crippen molar-refractivity contribution in [3.8, 4) is 0 Å². The number of likely N-dealkylation sites (N-methyl/N-ethyl adjacent to an activating group) is 2. The molecule has 0 amide bonds. The van der Waals surface area contributed by atoms with E-state index in [4.69, 9.17) is 0 Å². The van der Waals surface area contributed by atoms with Crippen molar-refractivity contribution in [3.63, 3.8) is 0 Å². The fourth-order valence-corrected chi connectivity index (χ4v) is 2.09. The molecular weight excluding hydrogens is 179 g/mol. The molecule has 0 spiro atoms. The number of fused-ring (bicyclic) bond motifs is 1. The monoisotopic (exact) mass is 194 g/mol. The van der Waals surface area contributed by atoms with Crippen molar-refractivity contribution in [2.45, 2.75) is 12.5 Å². The minimum atomic E-state index is -0.137. The van der Waals surface area contributed by atoms with Crippen LogP contribution >= 0.6 is 0 Å². The van der Waals surface area contributed by atoms with Crippen molar-refractivity contribution in [2.24, 2.45) is 0 Å². The molecule has 1 aromatic rings. The second-order valence-electron chi connectivity index (χ2n) is 3.80. The maximum Gasteiger partial charge on any atom is 0.123 e. The summed E-state index contributed by atoms with van der Waals surface area (Å²) in [4.78, 5) is 2.21. The van der Waals surface area contributed by atoms with E-state index in [1.165, 1.54) is 6.07 Å². The molecular formula is C11H15FN2. The molecule has 0 fully saturated rings. The van der Waals surface area contributed by atoms with Crippen LogP contribution in [0.25, 0.3) is 0 Å². The van der Waals surface area contributed by atoms with Crippen LogP contribution in [-0.4, -0.2) is 26.7 Å². The van der Waals surface area contributed by atoms with E-state index in [2.05, 4.69) is 17.3 Å². The first-order valence-corrected chi connectivity index (χ1v) is 4.88. The van der Waals surface area contributed by atoms with Crippen LogP contribution in [0.1, 0.15) is 5.56 Å². The van der Waals surface area contributed by atoms with Gasteiger partial charge in [0.05, 0.1) is 0 Å². The summed E-state index contributed by atoms with van der Waals surface area (Å²) in [6, 6.07) is 5.48. The van der Waals surface area contributed by atoms with E-state index in [1.807, 2.05) is 13.1 Å². The summed E-state index contributed by atoms with van der Waals surface area (Å²) in [5.41, 5.74) is 2.28. The highest BCUT2D eigenvalue weighted by Gasteiger charge is 2.25. The zero-order valence-electron chi connectivity index (χ0n) is 8.55. The first kappa shape index (κ1) is 9.46. The molecule has 2 nitrogen and oxygen atoms in total. The van der Waals surface area contributed by atoms with Gasteiger partial charge in [-0.3, -0.25) is 0 Å². The first-order valence-electron chi connectivity index (χ1n) is 4.88. The third kappa shape index (κ3) is 1.48. The maximum absolute atomic E-state index is 13.0. The number of rotatable bonds is 2. The van der Waals surface area contributed by atoms with Crippen LogP contribution in [0.4, 0.5) is 10.1 Å². The van der Waals surface area contributed by atoms with E-state index in [1.54, 1.807) is 6.07 Å². The molecule has 14 heavy (non-hydrogen) atoms. The minimum Gasteiger partial charge on any atom is -0.370 e. The van der Waals surface area contributed by atoms with Crippen molar-refractivity contribution in [1.82, 2.24) is 5.32 Å². The molecule has 2 rings (SSSR count). The predicted molar refractivity (Wildman–Crippen MR) is 56.2 cm³/mol. The lowest BCUT2D eigenvalue weighted by Crippen LogP contribution is -2.36. The fraction of sp³-hybridized carbons (Fsp3) is 0.455. The second kappa shape index (κ2) is 3.58. The Kier molecular flexibility index (Phi) is 2.42. The Morgan fingerprint density at radius 3 is 3.07 bits per heavy atom. The standard InChI is InChI=1S/C11H15FN2/c1-13-7-10-6-8-5-9(12)3-4-11(8)14(10)2/h3-5,10,13H,6-7H2,1-2H3. The molecule has 1 heterocycles. The van der Waals surface area contributed by atoms with E-state index in [9.17, 15) is 4.39 Å². The third-order valence-corrected chi connectivity index (χ3v) is 2.86. The van der Waals surface area contributed by atoms with Gasteiger partial charge in [-0.2, -0.15) is 0 Å². The molecule has 0 saturated heterocycles. The van der Waals surface area contributed by atoms with Gasteiger partial charge in [0, 0.05) is 25.3 Å². The van der Waals surface area contributed by atoms with Gasteiger partial charge in [0.2, 0.25) is 0 Å². The van der Waals surface area contributed by atoms with E-state index in [0.29, 0.717) is 6.04 Å². The number of nitrogens with one attached hydrogen (secondary N) is 1. The Labute approximate surface area is 83.7 Å². The summed E-state index contributed by atoms with van der Waals surface area (Å²) in [5, 5.41) is 3.15. The van der Waals surface area contributed by atoms with Crippen LogP contribution in [0.3, 0.4) is 0 Å². The molecule has 0 aliphatic carbocycles. The predicted octanol–water partition coefficient (Wildman–Crippen LogP) is 1.41. The highest BCUT2D eigenvalue weighted by atomic mass is 19.1. The average molecular weight is 194 g/mol. The zero-order chi connectivity index (χ0) is 10.1. The normalized spacial score (nSPS) is 19.9. The van der Waals surface area contributed by atoms with Crippen molar-refractivity contribution in [3.05, 3.63) is 29.6 Å². The first-order chi connectivity index (χ1) is 6.72. The van der Waals surface area contributed by atoms with Gasteiger partial charge in [-0.1, -0.05) is 0 Å². The van der Waals surface area contributed by atoms with Gasteiger partial charge in [0.15, 0.2) is 0 Å². The van der Waals surface area contributed by atoms with Crippen molar-refractivity contribution >= 4 is 5.69 Å². The summed E-state index contributed by atoms with van der Waals surface area (Å²) in [7, 11) is 4.00. The summed E-state index contributed by atoms with van der Waals surface area (Å²) in [5.74, 6) is -0.137. The summed E-state index contributed by atoms with van der Waals surface area (Å²) in [6.45, 7) is 0.937. The Hall–Kier alpha value is -1.09. The number of halogens is 1. The van der Waals surface area contributed by atoms with Crippen molar-refractivity contribution in [2.75, 3.05) is 25.5 Å². The second-order valence-corrected chi connectivity index (χ2v) is 3.80. The molecule has 1 atom stereocenters. The topological polar surface area (TPSA) is 15.3 Å². The molecule has 1 aliphatic rings. The number of nitrogens with zero attached hydrogens (tertiary/aromatic N) is 1. The average Bonchev–Trinajstić information content (AvgIpc) is 2.44. The molecule has 1 aromatic carbocycles. The number of hydrogen-bond donors (Lipinski definition) is 1. The van der Waals surface area contributed by atoms with Crippen LogP contribution < -0.4 is 10.2 Å². The highest BCUT2D eigenvalue weighted by molar-refractivity contribution is 5.59. The molecule has 1 N–H and O–H groups in total. The molecule has 0 saturated carbocycles. The molecule has 76 valence electrons. The van der Waals surface area contributed by atoms with E-state index in [-0.39, 0.29) is 5.82 Å². The van der Waals surface area contributed by atoms with Crippen LogP contribution in [0.2, 0.25) is 0 Å². The Morgan fingerprint density at radius 2 is 2.36 bits per heavy atom. The van der Waals surface area contributed by atoms with Gasteiger partial charge in [-0.25, -0.2) is 4.39 Å². The smallest absolute Gasteiger partial charge is 0.123 e. The minimum absolute atomic E-state index is 0.137. The van der Waals surface area contributed by atoms with E-state index < -0.39 is 0 Å². The number of anilines is 1. The van der Waals surface area contributed by atoms with Gasteiger partial charge in [-0.15, -0.1) is 0 Å². The maximum atomic E-state index is 13.0. The Balaban J connectivity index is 2.26. The van der Waals surface area contributed by atoms with Crippen LogP contribution in [-0.2, 0) is 6.42 Å². The quantitative estimate of drug-likeness (QED) is 0.765. The van der Waals surface area contributed by atoms with E-state index >= 15 is 0 Å². The Morgan fingerprint density at radius 1 is 1.57 bits per heavy atom. The Bertz CT molecular complexity index is 338. The summed E-state index contributed by atoms with van der Waals surface area (Å²) < 4.78 is 13.0. The van der Waals surface area contributed by atoms with Gasteiger partial charge in [-0.05, 0) is 37.2 Å². The van der Waals surface area contributed by atoms with E-state index in [0.717, 1.165) is 24.2 Å². The number of hydrogen-bond acceptors (Lipinski definition) is 2. The van der Waals surface area contributed by atoms with Crippen LogP contribution in [0.15, 0.2) is 18.2 Å². The van der Waals surface area contributed by atoms with Gasteiger partial charge < -0.3 is 10.2 Å². The van der Waals surface area contributed by atoms with Gasteiger partial charge in [0.25, 0.3) is 0 Å². The SMILES string of the molecule is CNCC1Cc2cc(F)ccc2N1C. The summed E-state index contributed by atoms with van der Waals surface area (Å²) in [6.07, 6.45) is 0.935. The van der Waals surface area contributed by atoms with Gasteiger partial charge in [0.1, 0.15) is 5.82 Å². The van der Waals surface area contributed by atoms with Crippen LogP contribution in [0.5, 0.6) is 0 Å². The fourth-order valence-electron chi connectivity index (χ4n) is 2.09. The van der Waals surface area contributed by atoms with Gasteiger partial charge >= 0.3 is 0 Å².